The molecule has 1 aliphatic heterocycles. The third kappa shape index (κ3) is 2.86. The van der Waals surface area contributed by atoms with Crippen LogP contribution in [-0.4, -0.2) is 38.2 Å². The Morgan fingerprint density at radius 2 is 1.94 bits per heavy atom. The molecule has 0 amide bonds. The molecule has 1 aliphatic rings. The molecular formula is C12H17NO3S. The molecular weight excluding hydrogens is 238 g/mol. The summed E-state index contributed by atoms with van der Waals surface area (Å²) >= 11 is 0. The van der Waals surface area contributed by atoms with Gasteiger partial charge in [0.2, 0.25) is 10.0 Å². The molecule has 0 radical (unpaired) electrons. The Kier molecular flexibility index (Phi) is 3.51. The molecule has 1 aromatic carbocycles. The first-order chi connectivity index (χ1) is 7.98. The summed E-state index contributed by atoms with van der Waals surface area (Å²) in [6.07, 6.45) is 1.08. The number of benzene rings is 1. The lowest BCUT2D eigenvalue weighted by Crippen LogP contribution is -2.47. The highest BCUT2D eigenvalue weighted by Crippen LogP contribution is 2.26. The summed E-state index contributed by atoms with van der Waals surface area (Å²) in [6, 6.07) is 9.62. The summed E-state index contributed by atoms with van der Waals surface area (Å²) in [5, 5.41) is 0. The van der Waals surface area contributed by atoms with Gasteiger partial charge in [0.1, 0.15) is 0 Å². The first-order valence-corrected chi connectivity index (χ1v) is 7.46. The van der Waals surface area contributed by atoms with Gasteiger partial charge >= 0.3 is 0 Å². The van der Waals surface area contributed by atoms with E-state index in [1.807, 2.05) is 37.3 Å². The third-order valence-corrected chi connectivity index (χ3v) is 4.33. The molecule has 0 bridgehead atoms. The van der Waals surface area contributed by atoms with Gasteiger partial charge in [-0.3, -0.25) is 0 Å². The Morgan fingerprint density at radius 3 is 2.53 bits per heavy atom. The van der Waals surface area contributed by atoms with Gasteiger partial charge in [-0.05, 0) is 12.5 Å². The van der Waals surface area contributed by atoms with E-state index < -0.39 is 10.0 Å². The Bertz CT molecular complexity index is 472. The van der Waals surface area contributed by atoms with Crippen LogP contribution in [0.1, 0.15) is 18.6 Å². The van der Waals surface area contributed by atoms with Gasteiger partial charge < -0.3 is 4.74 Å². The molecule has 17 heavy (non-hydrogen) atoms. The van der Waals surface area contributed by atoms with Crippen LogP contribution in [0.4, 0.5) is 0 Å². The van der Waals surface area contributed by atoms with Crippen LogP contribution in [0, 0.1) is 0 Å². The maximum absolute atomic E-state index is 11.6. The van der Waals surface area contributed by atoms with Crippen molar-refractivity contribution < 1.29 is 13.2 Å². The van der Waals surface area contributed by atoms with Crippen LogP contribution >= 0.6 is 0 Å². The SMILES string of the molecule is C[C@@H]1CO[C@H](c2ccccc2)CN1S(C)(=O)=O. The van der Waals surface area contributed by atoms with Crippen molar-refractivity contribution in [3.8, 4) is 0 Å². The van der Waals surface area contributed by atoms with E-state index in [4.69, 9.17) is 4.74 Å². The fraction of sp³-hybridized carbons (Fsp3) is 0.500. The van der Waals surface area contributed by atoms with Crippen molar-refractivity contribution in [2.45, 2.75) is 19.1 Å². The van der Waals surface area contributed by atoms with E-state index in [2.05, 4.69) is 0 Å². The zero-order valence-corrected chi connectivity index (χ0v) is 10.9. The Labute approximate surface area is 102 Å². The van der Waals surface area contributed by atoms with Crippen molar-refractivity contribution in [3.63, 3.8) is 0 Å². The Balaban J connectivity index is 2.19. The van der Waals surface area contributed by atoms with Crippen LogP contribution in [0.5, 0.6) is 0 Å². The van der Waals surface area contributed by atoms with Crippen LogP contribution in [0.25, 0.3) is 0 Å². The molecule has 2 atom stereocenters. The summed E-state index contributed by atoms with van der Waals surface area (Å²) in [4.78, 5) is 0. The second-order valence-corrected chi connectivity index (χ2v) is 6.35. The Hall–Kier alpha value is -0.910. The number of hydrogen-bond donors (Lipinski definition) is 0. The van der Waals surface area contributed by atoms with Gasteiger partial charge in [0.25, 0.3) is 0 Å². The van der Waals surface area contributed by atoms with Crippen molar-refractivity contribution >= 4 is 10.0 Å². The lowest BCUT2D eigenvalue weighted by atomic mass is 10.1. The lowest BCUT2D eigenvalue weighted by molar-refractivity contribution is -0.0286. The number of nitrogens with zero attached hydrogens (tertiary/aromatic N) is 1. The van der Waals surface area contributed by atoms with E-state index >= 15 is 0 Å². The first-order valence-electron chi connectivity index (χ1n) is 5.62. The molecule has 5 heteroatoms. The summed E-state index contributed by atoms with van der Waals surface area (Å²) in [5.41, 5.74) is 1.02. The minimum absolute atomic E-state index is 0.0926. The van der Waals surface area contributed by atoms with Crippen LogP contribution < -0.4 is 0 Å². The monoisotopic (exact) mass is 255 g/mol. The quantitative estimate of drug-likeness (QED) is 0.802. The summed E-state index contributed by atoms with van der Waals surface area (Å²) < 4.78 is 30.5. The van der Waals surface area contributed by atoms with E-state index in [0.29, 0.717) is 13.2 Å². The van der Waals surface area contributed by atoms with Crippen LogP contribution in [0.15, 0.2) is 30.3 Å². The van der Waals surface area contributed by atoms with E-state index in [1.54, 1.807) is 0 Å². The predicted molar refractivity (Wildman–Crippen MR) is 66.1 cm³/mol. The molecule has 0 aromatic heterocycles. The molecule has 1 fully saturated rings. The minimum Gasteiger partial charge on any atom is -0.370 e. The largest absolute Gasteiger partial charge is 0.370 e. The molecule has 0 spiro atoms. The van der Waals surface area contributed by atoms with E-state index in [1.165, 1.54) is 10.6 Å². The van der Waals surface area contributed by atoms with Crippen molar-refractivity contribution in [2.24, 2.45) is 0 Å². The maximum Gasteiger partial charge on any atom is 0.211 e. The van der Waals surface area contributed by atoms with E-state index in [9.17, 15) is 8.42 Å². The van der Waals surface area contributed by atoms with Gasteiger partial charge in [-0.25, -0.2) is 8.42 Å². The molecule has 94 valence electrons. The first kappa shape index (κ1) is 12.5. The number of ether oxygens (including phenoxy) is 1. The number of sulfonamides is 1. The van der Waals surface area contributed by atoms with E-state index in [-0.39, 0.29) is 12.1 Å². The molecule has 0 saturated carbocycles. The fourth-order valence-electron chi connectivity index (χ4n) is 2.07. The predicted octanol–water partition coefficient (Wildman–Crippen LogP) is 1.41. The molecule has 1 saturated heterocycles. The molecule has 2 rings (SSSR count). The molecule has 1 heterocycles. The van der Waals surface area contributed by atoms with Crippen molar-refractivity contribution in [1.29, 1.82) is 0 Å². The highest BCUT2D eigenvalue weighted by molar-refractivity contribution is 7.88. The van der Waals surface area contributed by atoms with Crippen molar-refractivity contribution in [3.05, 3.63) is 35.9 Å². The van der Waals surface area contributed by atoms with E-state index in [0.717, 1.165) is 5.56 Å². The molecule has 1 aromatic rings. The second kappa shape index (κ2) is 4.76. The summed E-state index contributed by atoms with van der Waals surface area (Å²) in [7, 11) is -3.16. The standard InChI is InChI=1S/C12H17NO3S/c1-10-9-16-12(8-13(10)17(2,14)15)11-6-4-3-5-7-11/h3-7,10,12H,8-9H2,1-2H3/t10-,12+/m1/s1. The van der Waals surface area contributed by atoms with Gasteiger partial charge in [0.15, 0.2) is 0 Å². The van der Waals surface area contributed by atoms with Gasteiger partial charge in [-0.15, -0.1) is 0 Å². The fourth-order valence-corrected chi connectivity index (χ4v) is 3.19. The van der Waals surface area contributed by atoms with Crippen LogP contribution in [0.2, 0.25) is 0 Å². The van der Waals surface area contributed by atoms with Crippen molar-refractivity contribution in [2.75, 3.05) is 19.4 Å². The summed E-state index contributed by atoms with van der Waals surface area (Å²) in [5.74, 6) is 0. The average Bonchev–Trinajstić information content (AvgIpc) is 2.29. The average molecular weight is 255 g/mol. The minimum atomic E-state index is -3.16. The highest BCUT2D eigenvalue weighted by atomic mass is 32.2. The third-order valence-electron chi connectivity index (χ3n) is 2.97. The van der Waals surface area contributed by atoms with Gasteiger partial charge in [-0.2, -0.15) is 4.31 Å². The van der Waals surface area contributed by atoms with Gasteiger partial charge in [-0.1, -0.05) is 30.3 Å². The molecule has 0 N–H and O–H groups in total. The number of morpholine rings is 1. The second-order valence-electron chi connectivity index (χ2n) is 4.41. The topological polar surface area (TPSA) is 46.6 Å². The summed E-state index contributed by atoms with van der Waals surface area (Å²) in [6.45, 7) is 2.69. The zero-order valence-electron chi connectivity index (χ0n) is 10.0. The number of rotatable bonds is 2. The van der Waals surface area contributed by atoms with Crippen LogP contribution in [0.3, 0.4) is 0 Å². The van der Waals surface area contributed by atoms with Gasteiger partial charge in [0, 0.05) is 12.6 Å². The maximum atomic E-state index is 11.6. The molecule has 0 aliphatic carbocycles. The van der Waals surface area contributed by atoms with Gasteiger partial charge in [0.05, 0.1) is 19.0 Å². The zero-order chi connectivity index (χ0) is 12.5. The smallest absolute Gasteiger partial charge is 0.211 e. The molecule has 0 unspecified atom stereocenters. The normalized spacial score (nSPS) is 26.9. The molecule has 4 nitrogen and oxygen atoms in total. The van der Waals surface area contributed by atoms with Crippen molar-refractivity contribution in [1.82, 2.24) is 4.31 Å². The lowest BCUT2D eigenvalue weighted by Gasteiger charge is -2.36. The highest BCUT2D eigenvalue weighted by Gasteiger charge is 2.32. The Morgan fingerprint density at radius 1 is 1.29 bits per heavy atom. The van der Waals surface area contributed by atoms with Crippen LogP contribution in [-0.2, 0) is 14.8 Å². The number of hydrogen-bond acceptors (Lipinski definition) is 3.